The van der Waals surface area contributed by atoms with Crippen molar-refractivity contribution in [1.82, 2.24) is 0 Å². The van der Waals surface area contributed by atoms with Crippen molar-refractivity contribution in [3.63, 3.8) is 0 Å². The zero-order valence-electron chi connectivity index (χ0n) is 12.0. The van der Waals surface area contributed by atoms with Crippen molar-refractivity contribution in [1.29, 1.82) is 0 Å². The Labute approximate surface area is 112 Å². The molecule has 0 atom stereocenters. The summed E-state index contributed by atoms with van der Waals surface area (Å²) in [6.45, 7) is 5.18. The fourth-order valence-electron chi connectivity index (χ4n) is 1.58. The summed E-state index contributed by atoms with van der Waals surface area (Å²) in [7, 11) is 0. The SMILES string of the molecule is CCCC=C(C=O)OCOCCCCCCCC. The average molecular weight is 256 g/mol. The molecule has 0 aromatic carbocycles. The molecule has 0 aromatic rings. The Morgan fingerprint density at radius 3 is 2.39 bits per heavy atom. The minimum Gasteiger partial charge on any atom is -0.464 e. The molecule has 0 saturated heterocycles. The predicted octanol–water partition coefficient (Wildman–Crippen LogP) is 4.22. The van der Waals surface area contributed by atoms with Crippen molar-refractivity contribution in [2.45, 2.75) is 65.2 Å². The first-order valence-electron chi connectivity index (χ1n) is 7.21. The summed E-state index contributed by atoms with van der Waals surface area (Å²) in [5.74, 6) is 0.389. The zero-order valence-corrected chi connectivity index (χ0v) is 12.0. The summed E-state index contributed by atoms with van der Waals surface area (Å²) in [6, 6.07) is 0. The van der Waals surface area contributed by atoms with Crippen LogP contribution in [0.25, 0.3) is 0 Å². The molecule has 0 N–H and O–H groups in total. The molecule has 0 heterocycles. The molecule has 0 radical (unpaired) electrons. The van der Waals surface area contributed by atoms with E-state index in [0.717, 1.165) is 25.5 Å². The largest absolute Gasteiger partial charge is 0.464 e. The molecule has 106 valence electrons. The van der Waals surface area contributed by atoms with E-state index in [9.17, 15) is 4.79 Å². The maximum Gasteiger partial charge on any atom is 0.189 e. The molecule has 0 spiro atoms. The lowest BCUT2D eigenvalue weighted by molar-refractivity contribution is -0.111. The normalized spacial score (nSPS) is 11.6. The first-order valence-corrected chi connectivity index (χ1v) is 7.21. The molecule has 18 heavy (non-hydrogen) atoms. The minimum atomic E-state index is 0.184. The van der Waals surface area contributed by atoms with Gasteiger partial charge in [0, 0.05) is 0 Å². The van der Waals surface area contributed by atoms with E-state index in [1.807, 2.05) is 0 Å². The number of carbonyl (C=O) groups is 1. The third kappa shape index (κ3) is 11.6. The van der Waals surface area contributed by atoms with Crippen LogP contribution in [0.4, 0.5) is 0 Å². The number of unbranched alkanes of at least 4 members (excludes halogenated alkanes) is 6. The number of carbonyl (C=O) groups excluding carboxylic acids is 1. The molecule has 0 aromatic heterocycles. The first-order chi connectivity index (χ1) is 8.85. The van der Waals surface area contributed by atoms with Gasteiger partial charge in [0.25, 0.3) is 0 Å². The summed E-state index contributed by atoms with van der Waals surface area (Å²) in [5, 5.41) is 0. The number of aldehydes is 1. The summed E-state index contributed by atoms with van der Waals surface area (Å²) in [6.07, 6.45) is 11.9. The smallest absolute Gasteiger partial charge is 0.189 e. The maximum absolute atomic E-state index is 10.6. The van der Waals surface area contributed by atoms with Crippen LogP contribution in [0.1, 0.15) is 65.2 Å². The molecular formula is C15H28O3. The third-order valence-corrected chi connectivity index (χ3v) is 2.70. The van der Waals surface area contributed by atoms with Crippen molar-refractivity contribution >= 4 is 6.29 Å². The van der Waals surface area contributed by atoms with Crippen LogP contribution in [0.15, 0.2) is 11.8 Å². The van der Waals surface area contributed by atoms with Crippen molar-refractivity contribution in [2.24, 2.45) is 0 Å². The van der Waals surface area contributed by atoms with E-state index < -0.39 is 0 Å². The topological polar surface area (TPSA) is 35.5 Å². The highest BCUT2D eigenvalue weighted by atomic mass is 16.7. The van der Waals surface area contributed by atoms with Gasteiger partial charge >= 0.3 is 0 Å². The van der Waals surface area contributed by atoms with E-state index in [-0.39, 0.29) is 6.79 Å². The van der Waals surface area contributed by atoms with Crippen LogP contribution in [-0.4, -0.2) is 19.7 Å². The van der Waals surface area contributed by atoms with E-state index >= 15 is 0 Å². The monoisotopic (exact) mass is 256 g/mol. The molecule has 0 unspecified atom stereocenters. The molecule has 0 bridgehead atoms. The Hall–Kier alpha value is -0.830. The fraction of sp³-hybridized carbons (Fsp3) is 0.800. The highest BCUT2D eigenvalue weighted by Crippen LogP contribution is 2.05. The van der Waals surface area contributed by atoms with E-state index in [1.165, 1.54) is 32.1 Å². The van der Waals surface area contributed by atoms with Gasteiger partial charge in [-0.2, -0.15) is 0 Å². The van der Waals surface area contributed by atoms with Gasteiger partial charge in [-0.15, -0.1) is 0 Å². The standard InChI is InChI=1S/C15H28O3/c1-3-5-7-8-9-10-12-17-14-18-15(13-16)11-6-4-2/h11,13H,3-10,12,14H2,1-2H3. The summed E-state index contributed by atoms with van der Waals surface area (Å²) in [5.41, 5.74) is 0. The van der Waals surface area contributed by atoms with Crippen LogP contribution in [0.2, 0.25) is 0 Å². The van der Waals surface area contributed by atoms with Gasteiger partial charge in [0.1, 0.15) is 0 Å². The molecule has 0 aliphatic rings. The second-order valence-electron chi connectivity index (χ2n) is 4.45. The van der Waals surface area contributed by atoms with Crippen LogP contribution in [-0.2, 0) is 14.3 Å². The fourth-order valence-corrected chi connectivity index (χ4v) is 1.58. The molecule has 0 amide bonds. The van der Waals surface area contributed by atoms with Gasteiger partial charge in [-0.1, -0.05) is 52.4 Å². The lowest BCUT2D eigenvalue weighted by Gasteiger charge is -2.06. The van der Waals surface area contributed by atoms with Crippen molar-refractivity contribution in [3.8, 4) is 0 Å². The summed E-state index contributed by atoms with van der Waals surface area (Å²) >= 11 is 0. The zero-order chi connectivity index (χ0) is 13.5. The van der Waals surface area contributed by atoms with E-state index in [4.69, 9.17) is 9.47 Å². The van der Waals surface area contributed by atoms with Crippen molar-refractivity contribution < 1.29 is 14.3 Å². The number of hydrogen-bond acceptors (Lipinski definition) is 3. The van der Waals surface area contributed by atoms with E-state index in [0.29, 0.717) is 12.4 Å². The van der Waals surface area contributed by atoms with Gasteiger partial charge in [-0.3, -0.25) is 4.79 Å². The average Bonchev–Trinajstić information content (AvgIpc) is 2.40. The maximum atomic E-state index is 10.6. The third-order valence-electron chi connectivity index (χ3n) is 2.70. The molecule has 0 fully saturated rings. The number of allylic oxidation sites excluding steroid dienone is 2. The predicted molar refractivity (Wildman–Crippen MR) is 74.3 cm³/mol. The van der Waals surface area contributed by atoms with Gasteiger partial charge < -0.3 is 9.47 Å². The van der Waals surface area contributed by atoms with E-state index in [2.05, 4.69) is 13.8 Å². The van der Waals surface area contributed by atoms with Crippen LogP contribution >= 0.6 is 0 Å². The molecular weight excluding hydrogens is 228 g/mol. The second-order valence-corrected chi connectivity index (χ2v) is 4.45. The lowest BCUT2D eigenvalue weighted by Crippen LogP contribution is -2.02. The van der Waals surface area contributed by atoms with Crippen LogP contribution < -0.4 is 0 Å². The Morgan fingerprint density at radius 1 is 1.00 bits per heavy atom. The Kier molecular flexibility index (Phi) is 13.6. The highest BCUT2D eigenvalue weighted by Gasteiger charge is 1.95. The Bertz CT molecular complexity index is 212. The van der Waals surface area contributed by atoms with Crippen LogP contribution in [0.3, 0.4) is 0 Å². The number of ether oxygens (including phenoxy) is 2. The van der Waals surface area contributed by atoms with E-state index in [1.54, 1.807) is 6.08 Å². The van der Waals surface area contributed by atoms with Gasteiger partial charge in [0.15, 0.2) is 18.8 Å². The molecule has 3 heteroatoms. The Balaban J connectivity index is 3.30. The van der Waals surface area contributed by atoms with Gasteiger partial charge in [0.05, 0.1) is 6.61 Å². The molecule has 0 saturated carbocycles. The van der Waals surface area contributed by atoms with Crippen LogP contribution in [0.5, 0.6) is 0 Å². The molecule has 0 rings (SSSR count). The lowest BCUT2D eigenvalue weighted by atomic mass is 10.1. The van der Waals surface area contributed by atoms with Gasteiger partial charge in [0.2, 0.25) is 0 Å². The van der Waals surface area contributed by atoms with Crippen molar-refractivity contribution in [2.75, 3.05) is 13.4 Å². The highest BCUT2D eigenvalue weighted by molar-refractivity contribution is 5.69. The summed E-state index contributed by atoms with van der Waals surface area (Å²) < 4.78 is 10.5. The molecule has 0 aliphatic carbocycles. The summed E-state index contributed by atoms with van der Waals surface area (Å²) in [4.78, 5) is 10.6. The quantitative estimate of drug-likeness (QED) is 0.163. The number of hydrogen-bond donors (Lipinski definition) is 0. The molecule has 0 aliphatic heterocycles. The van der Waals surface area contributed by atoms with Crippen LogP contribution in [0, 0.1) is 0 Å². The number of rotatable bonds is 13. The van der Waals surface area contributed by atoms with Gasteiger partial charge in [-0.05, 0) is 18.9 Å². The van der Waals surface area contributed by atoms with Gasteiger partial charge in [-0.25, -0.2) is 0 Å². The molecule has 3 nitrogen and oxygen atoms in total. The second kappa shape index (κ2) is 14.2. The minimum absolute atomic E-state index is 0.184. The first kappa shape index (κ1) is 17.2. The van der Waals surface area contributed by atoms with Crippen molar-refractivity contribution in [3.05, 3.63) is 11.8 Å². The Morgan fingerprint density at radius 2 is 1.72 bits per heavy atom.